The summed E-state index contributed by atoms with van der Waals surface area (Å²) in [6, 6.07) is 2.37. The molecule has 1 heterocycles. The number of nitrogens with zero attached hydrogens (tertiary/aromatic N) is 3. The van der Waals surface area contributed by atoms with Crippen molar-refractivity contribution < 1.29 is 0 Å². The van der Waals surface area contributed by atoms with Gasteiger partial charge in [-0.15, -0.1) is 0 Å². The molecule has 0 atom stereocenters. The predicted octanol–water partition coefficient (Wildman–Crippen LogP) is 1.56. The quantitative estimate of drug-likeness (QED) is 0.706. The van der Waals surface area contributed by atoms with Crippen LogP contribution in [-0.2, 0) is 0 Å². The van der Waals surface area contributed by atoms with E-state index >= 15 is 0 Å². The third-order valence-electron chi connectivity index (χ3n) is 3.06. The molecule has 86 valence electrons. The highest BCUT2D eigenvalue weighted by Gasteiger charge is 2.29. The van der Waals surface area contributed by atoms with Crippen LogP contribution in [0.3, 0.4) is 0 Å². The van der Waals surface area contributed by atoms with Crippen molar-refractivity contribution in [3.05, 3.63) is 0 Å². The van der Waals surface area contributed by atoms with Gasteiger partial charge in [-0.25, -0.2) is 0 Å². The second-order valence-electron chi connectivity index (χ2n) is 5.35. The van der Waals surface area contributed by atoms with Gasteiger partial charge in [0.05, 0.1) is 6.07 Å². The molecule has 1 aliphatic heterocycles. The Morgan fingerprint density at radius 2 is 1.73 bits per heavy atom. The van der Waals surface area contributed by atoms with Gasteiger partial charge < -0.3 is 4.90 Å². The van der Waals surface area contributed by atoms with Gasteiger partial charge in [0.25, 0.3) is 0 Å². The van der Waals surface area contributed by atoms with E-state index in [0.717, 1.165) is 32.1 Å². The fourth-order valence-corrected chi connectivity index (χ4v) is 2.08. The van der Waals surface area contributed by atoms with Crippen LogP contribution in [0, 0.1) is 17.2 Å². The minimum atomic E-state index is -0.302. The van der Waals surface area contributed by atoms with Gasteiger partial charge in [-0.05, 0) is 19.8 Å². The van der Waals surface area contributed by atoms with Crippen molar-refractivity contribution in [2.75, 3.05) is 32.7 Å². The third kappa shape index (κ3) is 3.48. The summed E-state index contributed by atoms with van der Waals surface area (Å²) >= 11 is 0. The summed E-state index contributed by atoms with van der Waals surface area (Å²) in [4.78, 5) is 4.78. The SMILES string of the molecule is CC(C)CN1CCN(C(C)(C)C#N)CC1. The van der Waals surface area contributed by atoms with E-state index in [1.54, 1.807) is 0 Å². The van der Waals surface area contributed by atoms with Gasteiger partial charge in [0, 0.05) is 32.7 Å². The summed E-state index contributed by atoms with van der Waals surface area (Å²) in [5, 5.41) is 9.05. The molecule has 0 radical (unpaired) electrons. The van der Waals surface area contributed by atoms with Gasteiger partial charge in [0.1, 0.15) is 5.54 Å². The Morgan fingerprint density at radius 3 is 2.13 bits per heavy atom. The van der Waals surface area contributed by atoms with E-state index in [1.807, 2.05) is 13.8 Å². The van der Waals surface area contributed by atoms with Crippen LogP contribution in [0.15, 0.2) is 0 Å². The zero-order valence-electron chi connectivity index (χ0n) is 10.5. The molecule has 0 amide bonds. The first kappa shape index (κ1) is 12.5. The number of piperazine rings is 1. The maximum absolute atomic E-state index is 9.05. The molecule has 0 bridgehead atoms. The Bertz CT molecular complexity index is 232. The molecule has 0 saturated carbocycles. The highest BCUT2D eigenvalue weighted by Crippen LogP contribution is 2.16. The largest absolute Gasteiger partial charge is 0.301 e. The molecule has 1 rings (SSSR count). The minimum absolute atomic E-state index is 0.302. The summed E-state index contributed by atoms with van der Waals surface area (Å²) < 4.78 is 0. The maximum atomic E-state index is 9.05. The van der Waals surface area contributed by atoms with E-state index < -0.39 is 0 Å². The summed E-state index contributed by atoms with van der Waals surface area (Å²) in [6.45, 7) is 13.9. The first-order valence-electron chi connectivity index (χ1n) is 5.84. The molecule has 0 aromatic heterocycles. The molecule has 0 aromatic carbocycles. The molecule has 0 spiro atoms. The van der Waals surface area contributed by atoms with E-state index in [9.17, 15) is 0 Å². The molecule has 1 fully saturated rings. The molecular formula is C12H23N3. The molecular weight excluding hydrogens is 186 g/mol. The number of hydrogen-bond acceptors (Lipinski definition) is 3. The van der Waals surface area contributed by atoms with Crippen LogP contribution in [0.4, 0.5) is 0 Å². The van der Waals surface area contributed by atoms with E-state index in [0.29, 0.717) is 0 Å². The lowest BCUT2D eigenvalue weighted by atomic mass is 10.0. The lowest BCUT2D eigenvalue weighted by molar-refractivity contribution is 0.0742. The van der Waals surface area contributed by atoms with Crippen LogP contribution in [0.1, 0.15) is 27.7 Å². The van der Waals surface area contributed by atoms with E-state index in [4.69, 9.17) is 5.26 Å². The Labute approximate surface area is 93.7 Å². The molecule has 0 unspecified atom stereocenters. The lowest BCUT2D eigenvalue weighted by Crippen LogP contribution is -2.54. The molecule has 0 aromatic rings. The molecule has 0 aliphatic carbocycles. The first-order valence-corrected chi connectivity index (χ1v) is 5.84. The Kier molecular flexibility index (Phi) is 4.12. The van der Waals surface area contributed by atoms with Gasteiger partial charge in [-0.1, -0.05) is 13.8 Å². The van der Waals surface area contributed by atoms with Crippen LogP contribution < -0.4 is 0 Å². The number of nitriles is 1. The monoisotopic (exact) mass is 209 g/mol. The van der Waals surface area contributed by atoms with Crippen molar-refractivity contribution in [2.24, 2.45) is 5.92 Å². The molecule has 1 aliphatic rings. The second-order valence-corrected chi connectivity index (χ2v) is 5.35. The first-order chi connectivity index (χ1) is 6.95. The summed E-state index contributed by atoms with van der Waals surface area (Å²) in [6.07, 6.45) is 0. The van der Waals surface area contributed by atoms with E-state index in [-0.39, 0.29) is 5.54 Å². The Morgan fingerprint density at radius 1 is 1.20 bits per heavy atom. The second kappa shape index (κ2) is 4.96. The third-order valence-corrected chi connectivity index (χ3v) is 3.06. The van der Waals surface area contributed by atoms with Crippen molar-refractivity contribution in [1.29, 1.82) is 5.26 Å². The summed E-state index contributed by atoms with van der Waals surface area (Å²) in [5.41, 5.74) is -0.302. The van der Waals surface area contributed by atoms with Crippen molar-refractivity contribution in [3.63, 3.8) is 0 Å². The highest BCUT2D eigenvalue weighted by atomic mass is 15.3. The summed E-state index contributed by atoms with van der Waals surface area (Å²) in [7, 11) is 0. The van der Waals surface area contributed by atoms with Crippen molar-refractivity contribution >= 4 is 0 Å². The van der Waals surface area contributed by atoms with E-state index in [2.05, 4.69) is 29.7 Å². The normalized spacial score (nSPS) is 20.5. The number of hydrogen-bond donors (Lipinski definition) is 0. The van der Waals surface area contributed by atoms with Crippen LogP contribution in [0.25, 0.3) is 0 Å². The van der Waals surface area contributed by atoms with E-state index in [1.165, 1.54) is 6.54 Å². The van der Waals surface area contributed by atoms with Crippen molar-refractivity contribution in [2.45, 2.75) is 33.2 Å². The average molecular weight is 209 g/mol. The van der Waals surface area contributed by atoms with Gasteiger partial charge in [0.2, 0.25) is 0 Å². The van der Waals surface area contributed by atoms with Crippen molar-refractivity contribution in [1.82, 2.24) is 9.80 Å². The van der Waals surface area contributed by atoms with Crippen LogP contribution in [0.2, 0.25) is 0 Å². The molecule has 3 nitrogen and oxygen atoms in total. The van der Waals surface area contributed by atoms with Gasteiger partial charge in [-0.3, -0.25) is 4.90 Å². The smallest absolute Gasteiger partial charge is 0.103 e. The zero-order chi connectivity index (χ0) is 11.5. The minimum Gasteiger partial charge on any atom is -0.301 e. The molecule has 1 saturated heterocycles. The van der Waals surface area contributed by atoms with Gasteiger partial charge in [-0.2, -0.15) is 5.26 Å². The topological polar surface area (TPSA) is 30.3 Å². The van der Waals surface area contributed by atoms with Crippen LogP contribution in [0.5, 0.6) is 0 Å². The fraction of sp³-hybridized carbons (Fsp3) is 0.917. The zero-order valence-corrected chi connectivity index (χ0v) is 10.5. The average Bonchev–Trinajstić information content (AvgIpc) is 2.18. The predicted molar refractivity (Wildman–Crippen MR) is 62.5 cm³/mol. The molecule has 3 heteroatoms. The van der Waals surface area contributed by atoms with Crippen LogP contribution >= 0.6 is 0 Å². The standard InChI is InChI=1S/C12H23N3/c1-11(2)9-14-5-7-15(8-6-14)12(3,4)10-13/h11H,5-9H2,1-4H3. The Hall–Kier alpha value is -0.590. The Balaban J connectivity index is 2.40. The summed E-state index contributed by atoms with van der Waals surface area (Å²) in [5.74, 6) is 0.737. The fourth-order valence-electron chi connectivity index (χ4n) is 2.08. The molecule has 0 N–H and O–H groups in total. The molecule has 15 heavy (non-hydrogen) atoms. The van der Waals surface area contributed by atoms with Crippen LogP contribution in [-0.4, -0.2) is 48.1 Å². The van der Waals surface area contributed by atoms with Gasteiger partial charge >= 0.3 is 0 Å². The van der Waals surface area contributed by atoms with Crippen molar-refractivity contribution in [3.8, 4) is 6.07 Å². The van der Waals surface area contributed by atoms with Gasteiger partial charge in [0.15, 0.2) is 0 Å². The maximum Gasteiger partial charge on any atom is 0.103 e. The highest BCUT2D eigenvalue weighted by molar-refractivity contribution is 5.02. The number of rotatable bonds is 3. The lowest BCUT2D eigenvalue weighted by Gasteiger charge is -2.40.